The minimum atomic E-state index is -0.00532. The molecule has 1 aromatic heterocycles. The molecule has 0 radical (unpaired) electrons. The van der Waals surface area contributed by atoms with Gasteiger partial charge in [0.1, 0.15) is 18.2 Å². The number of hydrogen-bond acceptors (Lipinski definition) is 5. The van der Waals surface area contributed by atoms with E-state index in [1.807, 2.05) is 67.7 Å². The molecule has 0 amide bonds. The van der Waals surface area contributed by atoms with Crippen LogP contribution in [0.2, 0.25) is 0 Å². The second-order valence-electron chi connectivity index (χ2n) is 6.73. The fraction of sp³-hybridized carbons (Fsp3) is 0.217. The normalized spacial score (nSPS) is 15.6. The zero-order valence-electron chi connectivity index (χ0n) is 15.9. The summed E-state index contributed by atoms with van der Waals surface area (Å²) in [6, 6.07) is 24.1. The minimum Gasteiger partial charge on any atom is -0.492 e. The lowest BCUT2D eigenvalue weighted by Crippen LogP contribution is -2.24. The largest absolute Gasteiger partial charge is 0.492 e. The van der Waals surface area contributed by atoms with Gasteiger partial charge in [-0.15, -0.1) is 0 Å². The highest BCUT2D eigenvalue weighted by atomic mass is 16.6. The molecule has 1 aliphatic heterocycles. The molecule has 2 heterocycles. The van der Waals surface area contributed by atoms with Crippen molar-refractivity contribution in [3.63, 3.8) is 0 Å². The van der Waals surface area contributed by atoms with E-state index in [4.69, 9.17) is 9.57 Å². The molecule has 0 fully saturated rings. The summed E-state index contributed by atoms with van der Waals surface area (Å²) in [6.07, 6.45) is 2.57. The Morgan fingerprint density at radius 3 is 2.54 bits per heavy atom. The Kier molecular flexibility index (Phi) is 5.52. The van der Waals surface area contributed by atoms with Gasteiger partial charge in [-0.25, -0.2) is 4.98 Å². The standard InChI is InChI=1S/C23H23N3O2/c1-26(23-9-5-6-14-24-23)15-16-27-20-12-10-18(11-13-20)21-17-22(28-25-21)19-7-3-2-4-8-19/h2-14,22H,15-17H2,1H3. The maximum absolute atomic E-state index is 5.87. The molecule has 0 spiro atoms. The first-order valence-electron chi connectivity index (χ1n) is 9.42. The van der Waals surface area contributed by atoms with Crippen LogP contribution < -0.4 is 9.64 Å². The maximum atomic E-state index is 5.87. The first-order chi connectivity index (χ1) is 13.8. The Hall–Kier alpha value is -3.34. The van der Waals surface area contributed by atoms with Crippen LogP contribution in [0.4, 0.5) is 5.82 Å². The van der Waals surface area contributed by atoms with E-state index in [1.165, 1.54) is 0 Å². The molecular weight excluding hydrogens is 350 g/mol. The topological polar surface area (TPSA) is 47.0 Å². The summed E-state index contributed by atoms with van der Waals surface area (Å²) < 4.78 is 5.87. The van der Waals surface area contributed by atoms with Gasteiger partial charge in [-0.1, -0.05) is 41.6 Å². The number of anilines is 1. The summed E-state index contributed by atoms with van der Waals surface area (Å²) in [5.74, 6) is 1.78. The van der Waals surface area contributed by atoms with E-state index >= 15 is 0 Å². The average Bonchev–Trinajstić information content (AvgIpc) is 3.26. The zero-order chi connectivity index (χ0) is 19.2. The number of oxime groups is 1. The molecule has 0 bridgehead atoms. The van der Waals surface area contributed by atoms with Crippen LogP contribution in [0, 0.1) is 0 Å². The van der Waals surface area contributed by atoms with Crippen molar-refractivity contribution in [2.75, 3.05) is 25.1 Å². The number of benzene rings is 2. The summed E-state index contributed by atoms with van der Waals surface area (Å²) in [5.41, 5.74) is 3.19. The van der Waals surface area contributed by atoms with Gasteiger partial charge >= 0.3 is 0 Å². The van der Waals surface area contributed by atoms with Crippen LogP contribution in [0.25, 0.3) is 0 Å². The summed E-state index contributed by atoms with van der Waals surface area (Å²) in [4.78, 5) is 12.0. The highest BCUT2D eigenvalue weighted by molar-refractivity contribution is 6.01. The summed E-state index contributed by atoms with van der Waals surface area (Å²) in [5, 5.41) is 4.27. The Balaban J connectivity index is 1.28. The third-order valence-corrected chi connectivity index (χ3v) is 4.76. The third-order valence-electron chi connectivity index (χ3n) is 4.76. The molecule has 28 heavy (non-hydrogen) atoms. The van der Waals surface area contributed by atoms with Gasteiger partial charge < -0.3 is 14.5 Å². The monoisotopic (exact) mass is 373 g/mol. The molecule has 2 aromatic carbocycles. The van der Waals surface area contributed by atoms with Crippen molar-refractivity contribution >= 4 is 11.5 Å². The van der Waals surface area contributed by atoms with Crippen molar-refractivity contribution in [3.8, 4) is 5.75 Å². The lowest BCUT2D eigenvalue weighted by atomic mass is 10.0. The number of pyridine rings is 1. The van der Waals surface area contributed by atoms with E-state index in [1.54, 1.807) is 6.20 Å². The van der Waals surface area contributed by atoms with Crippen molar-refractivity contribution in [1.29, 1.82) is 0 Å². The highest BCUT2D eigenvalue weighted by Gasteiger charge is 2.23. The maximum Gasteiger partial charge on any atom is 0.158 e. The molecule has 1 atom stereocenters. The molecular formula is C23H23N3O2. The van der Waals surface area contributed by atoms with Gasteiger partial charge in [-0.3, -0.25) is 0 Å². The Bertz CT molecular complexity index is 912. The van der Waals surface area contributed by atoms with Gasteiger partial charge in [0.05, 0.1) is 12.3 Å². The first kappa shape index (κ1) is 18.0. The van der Waals surface area contributed by atoms with Crippen LogP contribution in [0.5, 0.6) is 5.75 Å². The third kappa shape index (κ3) is 4.31. The molecule has 4 rings (SSSR count). The molecule has 142 valence electrons. The molecule has 0 saturated carbocycles. The van der Waals surface area contributed by atoms with Crippen LogP contribution >= 0.6 is 0 Å². The molecule has 0 aliphatic carbocycles. The molecule has 0 N–H and O–H groups in total. The lowest BCUT2D eigenvalue weighted by Gasteiger charge is -2.18. The molecule has 5 nitrogen and oxygen atoms in total. The van der Waals surface area contributed by atoms with Crippen LogP contribution in [0.1, 0.15) is 23.7 Å². The number of rotatable bonds is 7. The summed E-state index contributed by atoms with van der Waals surface area (Å²) in [7, 11) is 2.01. The van der Waals surface area contributed by atoms with Crippen LogP contribution in [-0.4, -0.2) is 30.9 Å². The van der Waals surface area contributed by atoms with Crippen LogP contribution in [-0.2, 0) is 4.84 Å². The van der Waals surface area contributed by atoms with E-state index in [9.17, 15) is 0 Å². The van der Waals surface area contributed by atoms with E-state index in [-0.39, 0.29) is 6.10 Å². The van der Waals surface area contributed by atoms with Gasteiger partial charge in [-0.05, 0) is 47.5 Å². The van der Waals surface area contributed by atoms with Crippen molar-refractivity contribution in [3.05, 3.63) is 90.1 Å². The lowest BCUT2D eigenvalue weighted by molar-refractivity contribution is 0.0857. The number of nitrogens with zero attached hydrogens (tertiary/aromatic N) is 3. The number of aromatic nitrogens is 1. The van der Waals surface area contributed by atoms with E-state index in [2.05, 4.69) is 27.2 Å². The van der Waals surface area contributed by atoms with Gasteiger partial charge in [0.15, 0.2) is 6.10 Å². The molecule has 0 saturated heterocycles. The van der Waals surface area contributed by atoms with Crippen molar-refractivity contribution in [1.82, 2.24) is 4.98 Å². The van der Waals surface area contributed by atoms with E-state index in [0.717, 1.165) is 41.4 Å². The highest BCUT2D eigenvalue weighted by Crippen LogP contribution is 2.29. The minimum absolute atomic E-state index is 0.00532. The van der Waals surface area contributed by atoms with Gasteiger partial charge in [0.25, 0.3) is 0 Å². The van der Waals surface area contributed by atoms with Crippen molar-refractivity contribution < 1.29 is 9.57 Å². The van der Waals surface area contributed by atoms with Gasteiger partial charge in [-0.2, -0.15) is 0 Å². The number of ether oxygens (including phenoxy) is 1. The van der Waals surface area contributed by atoms with Gasteiger partial charge in [0.2, 0.25) is 0 Å². The Morgan fingerprint density at radius 2 is 1.79 bits per heavy atom. The molecule has 1 aliphatic rings. The second-order valence-corrected chi connectivity index (χ2v) is 6.73. The first-order valence-corrected chi connectivity index (χ1v) is 9.42. The summed E-state index contributed by atoms with van der Waals surface area (Å²) in [6.45, 7) is 1.35. The average molecular weight is 373 g/mol. The van der Waals surface area contributed by atoms with Crippen molar-refractivity contribution in [2.45, 2.75) is 12.5 Å². The quantitative estimate of drug-likeness (QED) is 0.613. The summed E-state index contributed by atoms with van der Waals surface area (Å²) >= 11 is 0. The Labute approximate surface area is 165 Å². The molecule has 3 aromatic rings. The van der Waals surface area contributed by atoms with Crippen molar-refractivity contribution in [2.24, 2.45) is 5.16 Å². The SMILES string of the molecule is CN(CCOc1ccc(C2=NOC(c3ccccc3)C2)cc1)c1ccccn1. The fourth-order valence-electron chi connectivity index (χ4n) is 3.13. The van der Waals surface area contributed by atoms with Crippen LogP contribution in [0.15, 0.2) is 84.1 Å². The van der Waals surface area contributed by atoms with Crippen LogP contribution in [0.3, 0.4) is 0 Å². The number of likely N-dealkylation sites (N-methyl/N-ethyl adjacent to an activating group) is 1. The van der Waals surface area contributed by atoms with E-state index < -0.39 is 0 Å². The smallest absolute Gasteiger partial charge is 0.158 e. The second kappa shape index (κ2) is 8.57. The predicted octanol–water partition coefficient (Wildman–Crippen LogP) is 4.46. The fourth-order valence-corrected chi connectivity index (χ4v) is 3.13. The molecule has 1 unspecified atom stereocenters. The predicted molar refractivity (Wildman–Crippen MR) is 111 cm³/mol. The van der Waals surface area contributed by atoms with E-state index in [0.29, 0.717) is 6.61 Å². The number of hydrogen-bond donors (Lipinski definition) is 0. The zero-order valence-corrected chi connectivity index (χ0v) is 15.9. The molecule has 5 heteroatoms. The van der Waals surface area contributed by atoms with Gasteiger partial charge in [0, 0.05) is 19.7 Å². The Morgan fingerprint density at radius 1 is 1.00 bits per heavy atom.